The van der Waals surface area contributed by atoms with Gasteiger partial charge in [0.25, 0.3) is 0 Å². The van der Waals surface area contributed by atoms with Gasteiger partial charge in [-0.05, 0) is 35.9 Å². The van der Waals surface area contributed by atoms with Crippen LogP contribution in [0.4, 0.5) is 0 Å². The van der Waals surface area contributed by atoms with Gasteiger partial charge in [-0.15, -0.1) is 0 Å². The molecule has 0 amide bonds. The van der Waals surface area contributed by atoms with Crippen LogP contribution in [0.1, 0.15) is 17.2 Å². The minimum absolute atomic E-state index is 0.315. The first kappa shape index (κ1) is 13.9. The summed E-state index contributed by atoms with van der Waals surface area (Å²) >= 11 is 6.08. The summed E-state index contributed by atoms with van der Waals surface area (Å²) in [5.74, 6) is 0.730. The van der Waals surface area contributed by atoms with Crippen molar-refractivity contribution in [3.63, 3.8) is 0 Å². The fourth-order valence-electron chi connectivity index (χ4n) is 2.40. The second-order valence-corrected chi connectivity index (χ2v) is 5.26. The predicted molar refractivity (Wildman–Crippen MR) is 85.8 cm³/mol. The molecule has 2 aromatic carbocycles. The molecule has 0 saturated heterocycles. The summed E-state index contributed by atoms with van der Waals surface area (Å²) in [5, 5.41) is 1.73. The van der Waals surface area contributed by atoms with Gasteiger partial charge in [0.15, 0.2) is 0 Å². The zero-order chi connectivity index (χ0) is 14.8. The lowest BCUT2D eigenvalue weighted by molar-refractivity contribution is 0.408. The minimum Gasteiger partial charge on any atom is -0.496 e. The Morgan fingerprint density at radius 1 is 1.14 bits per heavy atom. The van der Waals surface area contributed by atoms with E-state index in [0.717, 1.165) is 27.8 Å². The summed E-state index contributed by atoms with van der Waals surface area (Å²) in [4.78, 5) is 4.37. The number of aromatic nitrogens is 1. The molecular formula is C17H15ClN2O. The van der Waals surface area contributed by atoms with Gasteiger partial charge in [-0.2, -0.15) is 0 Å². The molecule has 3 rings (SSSR count). The van der Waals surface area contributed by atoms with Gasteiger partial charge in [-0.1, -0.05) is 29.8 Å². The molecule has 0 aliphatic heterocycles. The summed E-state index contributed by atoms with van der Waals surface area (Å²) in [5.41, 5.74) is 9.14. The summed E-state index contributed by atoms with van der Waals surface area (Å²) in [7, 11) is 1.63. The number of hydrogen-bond donors (Lipinski definition) is 1. The van der Waals surface area contributed by atoms with E-state index in [-0.39, 0.29) is 6.04 Å². The Labute approximate surface area is 128 Å². The van der Waals surface area contributed by atoms with Crippen LogP contribution in [0.25, 0.3) is 10.9 Å². The van der Waals surface area contributed by atoms with E-state index in [4.69, 9.17) is 22.1 Å². The molecule has 4 heteroatoms. The molecule has 0 saturated carbocycles. The zero-order valence-corrected chi connectivity index (χ0v) is 12.3. The minimum atomic E-state index is -0.315. The molecule has 2 N–H and O–H groups in total. The average Bonchev–Trinajstić information content (AvgIpc) is 2.53. The molecule has 1 unspecified atom stereocenters. The van der Waals surface area contributed by atoms with Crippen LogP contribution in [0.5, 0.6) is 5.75 Å². The molecule has 0 spiro atoms. The predicted octanol–water partition coefficient (Wildman–Crippen LogP) is 3.94. The maximum absolute atomic E-state index is 6.39. The molecule has 0 fully saturated rings. The SMILES string of the molecule is COc1ccc(Cl)cc1C(N)c1ccc2cccnc2c1. The summed E-state index contributed by atoms with van der Waals surface area (Å²) in [6.45, 7) is 0. The Morgan fingerprint density at radius 2 is 2.00 bits per heavy atom. The van der Waals surface area contributed by atoms with Gasteiger partial charge in [0.2, 0.25) is 0 Å². The van der Waals surface area contributed by atoms with Crippen LogP contribution >= 0.6 is 11.6 Å². The van der Waals surface area contributed by atoms with Crippen molar-refractivity contribution in [1.29, 1.82) is 0 Å². The van der Waals surface area contributed by atoms with Gasteiger partial charge < -0.3 is 10.5 Å². The van der Waals surface area contributed by atoms with Crippen LogP contribution in [-0.4, -0.2) is 12.1 Å². The van der Waals surface area contributed by atoms with Crippen LogP contribution in [-0.2, 0) is 0 Å². The number of rotatable bonds is 3. The average molecular weight is 299 g/mol. The number of hydrogen-bond acceptors (Lipinski definition) is 3. The normalized spacial score (nSPS) is 12.3. The summed E-state index contributed by atoms with van der Waals surface area (Å²) in [6.07, 6.45) is 1.78. The Hall–Kier alpha value is -2.10. The van der Waals surface area contributed by atoms with Crippen LogP contribution in [0, 0.1) is 0 Å². The Kier molecular flexibility index (Phi) is 3.78. The van der Waals surface area contributed by atoms with E-state index in [1.165, 1.54) is 0 Å². The highest BCUT2D eigenvalue weighted by Crippen LogP contribution is 2.31. The van der Waals surface area contributed by atoms with Crippen molar-refractivity contribution in [2.75, 3.05) is 7.11 Å². The zero-order valence-electron chi connectivity index (χ0n) is 11.6. The molecule has 3 aromatic rings. The van der Waals surface area contributed by atoms with Crippen LogP contribution in [0.3, 0.4) is 0 Å². The maximum Gasteiger partial charge on any atom is 0.124 e. The van der Waals surface area contributed by atoms with Crippen molar-refractivity contribution >= 4 is 22.5 Å². The molecule has 1 heterocycles. The van der Waals surface area contributed by atoms with Gasteiger partial charge >= 0.3 is 0 Å². The number of halogens is 1. The van der Waals surface area contributed by atoms with Crippen molar-refractivity contribution < 1.29 is 4.74 Å². The maximum atomic E-state index is 6.39. The van der Waals surface area contributed by atoms with Crippen molar-refractivity contribution in [1.82, 2.24) is 4.98 Å². The molecule has 106 valence electrons. The van der Waals surface area contributed by atoms with E-state index in [1.807, 2.05) is 42.5 Å². The quantitative estimate of drug-likeness (QED) is 0.796. The third-order valence-electron chi connectivity index (χ3n) is 3.52. The van der Waals surface area contributed by atoms with Crippen LogP contribution in [0.15, 0.2) is 54.7 Å². The fraction of sp³-hybridized carbons (Fsp3) is 0.118. The largest absolute Gasteiger partial charge is 0.496 e. The highest BCUT2D eigenvalue weighted by molar-refractivity contribution is 6.30. The smallest absolute Gasteiger partial charge is 0.124 e. The van der Waals surface area contributed by atoms with E-state index < -0.39 is 0 Å². The molecule has 0 aliphatic rings. The number of fused-ring (bicyclic) bond motifs is 1. The second-order valence-electron chi connectivity index (χ2n) is 4.82. The number of nitrogens with two attached hydrogens (primary N) is 1. The standard InChI is InChI=1S/C17H15ClN2O/c1-21-16-7-6-13(18)10-14(16)17(19)12-5-4-11-3-2-8-20-15(11)9-12/h2-10,17H,19H2,1H3. The first-order valence-corrected chi connectivity index (χ1v) is 7.00. The molecule has 0 radical (unpaired) electrons. The van der Waals surface area contributed by atoms with E-state index in [9.17, 15) is 0 Å². The number of nitrogens with zero attached hydrogens (tertiary/aromatic N) is 1. The fourth-order valence-corrected chi connectivity index (χ4v) is 2.59. The highest BCUT2D eigenvalue weighted by atomic mass is 35.5. The number of benzene rings is 2. The monoisotopic (exact) mass is 298 g/mol. The van der Waals surface area contributed by atoms with Gasteiger partial charge in [0.1, 0.15) is 5.75 Å². The molecule has 0 bridgehead atoms. The Balaban J connectivity index is 2.07. The molecule has 3 nitrogen and oxygen atoms in total. The molecule has 1 atom stereocenters. The van der Waals surface area contributed by atoms with E-state index in [2.05, 4.69) is 4.98 Å². The van der Waals surface area contributed by atoms with E-state index >= 15 is 0 Å². The van der Waals surface area contributed by atoms with Gasteiger partial charge in [0, 0.05) is 22.2 Å². The number of pyridine rings is 1. The van der Waals surface area contributed by atoms with Gasteiger partial charge in [-0.3, -0.25) is 4.98 Å². The van der Waals surface area contributed by atoms with E-state index in [0.29, 0.717) is 5.02 Å². The third-order valence-corrected chi connectivity index (χ3v) is 3.75. The molecule has 21 heavy (non-hydrogen) atoms. The lowest BCUT2D eigenvalue weighted by atomic mass is 9.97. The lowest BCUT2D eigenvalue weighted by Gasteiger charge is -2.17. The van der Waals surface area contributed by atoms with Crippen LogP contribution in [0.2, 0.25) is 5.02 Å². The number of methoxy groups -OCH3 is 1. The van der Waals surface area contributed by atoms with Crippen molar-refractivity contribution in [2.24, 2.45) is 5.73 Å². The van der Waals surface area contributed by atoms with E-state index in [1.54, 1.807) is 19.4 Å². The molecule has 1 aromatic heterocycles. The van der Waals surface area contributed by atoms with Gasteiger partial charge in [-0.25, -0.2) is 0 Å². The van der Waals surface area contributed by atoms with Crippen LogP contribution < -0.4 is 10.5 Å². The first-order chi connectivity index (χ1) is 10.2. The first-order valence-electron chi connectivity index (χ1n) is 6.63. The van der Waals surface area contributed by atoms with Gasteiger partial charge in [0.05, 0.1) is 18.7 Å². The van der Waals surface area contributed by atoms with Crippen molar-refractivity contribution in [2.45, 2.75) is 6.04 Å². The molecule has 0 aliphatic carbocycles. The Bertz CT molecular complexity index is 789. The van der Waals surface area contributed by atoms with Crippen molar-refractivity contribution in [3.8, 4) is 5.75 Å². The van der Waals surface area contributed by atoms with Crippen molar-refractivity contribution in [3.05, 3.63) is 70.9 Å². The number of ether oxygens (including phenoxy) is 1. The third kappa shape index (κ3) is 2.71. The lowest BCUT2D eigenvalue weighted by Crippen LogP contribution is -2.13. The summed E-state index contributed by atoms with van der Waals surface area (Å²) < 4.78 is 5.38. The molecular weight excluding hydrogens is 284 g/mol. The second kappa shape index (κ2) is 5.72. The topological polar surface area (TPSA) is 48.1 Å². The highest BCUT2D eigenvalue weighted by Gasteiger charge is 2.15. The Morgan fingerprint density at radius 3 is 2.81 bits per heavy atom. The summed E-state index contributed by atoms with van der Waals surface area (Å²) in [6, 6.07) is 15.1.